The molecule has 5 rings (SSSR count). The van der Waals surface area contributed by atoms with E-state index in [9.17, 15) is 24.3 Å². The Balaban J connectivity index is 1.58. The summed E-state index contributed by atoms with van der Waals surface area (Å²) in [7, 11) is 0. The molecule has 1 aromatic rings. The lowest BCUT2D eigenvalue weighted by Gasteiger charge is -2.36. The van der Waals surface area contributed by atoms with Crippen molar-refractivity contribution in [1.29, 1.82) is 0 Å². The highest BCUT2D eigenvalue weighted by atomic mass is 16.5. The smallest absolute Gasteiger partial charge is 0.306 e. The van der Waals surface area contributed by atoms with Gasteiger partial charge in [0.05, 0.1) is 30.6 Å². The number of rotatable bonds is 4. The maximum absolute atomic E-state index is 14.0. The van der Waals surface area contributed by atoms with E-state index in [-0.39, 0.29) is 44.1 Å². The van der Waals surface area contributed by atoms with Crippen LogP contribution in [0.3, 0.4) is 0 Å². The number of cyclic esters (lactones) is 1. The predicted octanol–water partition coefficient (Wildman–Crippen LogP) is 1.12. The van der Waals surface area contributed by atoms with E-state index in [1.165, 1.54) is 4.90 Å². The van der Waals surface area contributed by atoms with Gasteiger partial charge in [-0.15, -0.1) is 0 Å². The maximum atomic E-state index is 14.0. The first-order chi connectivity index (χ1) is 18.8. The normalized spacial score (nSPS) is 33.9. The number of benzene rings is 1. The molecule has 0 aromatic heterocycles. The van der Waals surface area contributed by atoms with Crippen LogP contribution in [0.4, 0.5) is 0 Å². The molecule has 39 heavy (non-hydrogen) atoms. The minimum atomic E-state index is -1.38. The summed E-state index contributed by atoms with van der Waals surface area (Å²) < 4.78 is 12.1. The van der Waals surface area contributed by atoms with Gasteiger partial charge in [0.2, 0.25) is 17.7 Å². The van der Waals surface area contributed by atoms with Crippen LogP contribution in [0.5, 0.6) is 0 Å². The number of likely N-dealkylation sites (tertiary alicyclic amines) is 1. The molecular weight excluding hydrogens is 502 g/mol. The van der Waals surface area contributed by atoms with Crippen molar-refractivity contribution in [1.82, 2.24) is 15.1 Å². The Labute approximate surface area is 227 Å². The highest BCUT2D eigenvalue weighted by Gasteiger charge is 2.71. The van der Waals surface area contributed by atoms with Crippen LogP contribution in [-0.2, 0) is 28.7 Å². The minimum absolute atomic E-state index is 0.0476. The molecule has 1 aromatic carbocycles. The van der Waals surface area contributed by atoms with E-state index < -0.39 is 47.4 Å². The van der Waals surface area contributed by atoms with Gasteiger partial charge >= 0.3 is 5.97 Å². The van der Waals surface area contributed by atoms with Gasteiger partial charge in [-0.1, -0.05) is 54.6 Å². The van der Waals surface area contributed by atoms with Gasteiger partial charge < -0.3 is 29.7 Å². The molecule has 0 aliphatic carbocycles. The second-order valence-electron chi connectivity index (χ2n) is 10.7. The summed E-state index contributed by atoms with van der Waals surface area (Å²) in [5.74, 6) is -3.40. The lowest BCUT2D eigenvalue weighted by atomic mass is 9.77. The molecule has 4 aliphatic heterocycles. The summed E-state index contributed by atoms with van der Waals surface area (Å²) in [5, 5.41) is 12.8. The number of allylic oxidation sites excluding steroid dienone is 1. The molecular formula is C29H35N3O7. The summed E-state index contributed by atoms with van der Waals surface area (Å²) in [5.41, 5.74) is -0.621. The molecule has 4 heterocycles. The third kappa shape index (κ3) is 4.76. The van der Waals surface area contributed by atoms with E-state index >= 15 is 0 Å². The first-order valence-electron chi connectivity index (χ1n) is 13.5. The quantitative estimate of drug-likeness (QED) is 0.436. The fourth-order valence-electron chi connectivity index (χ4n) is 6.27. The van der Waals surface area contributed by atoms with Gasteiger partial charge in [-0.25, -0.2) is 0 Å². The number of aliphatic hydroxyl groups is 1. The number of carbonyl (C=O) groups is 4. The lowest BCUT2D eigenvalue weighted by molar-refractivity contribution is -0.149. The number of carbonyl (C=O) groups excluding carboxylic acids is 4. The average Bonchev–Trinajstić information content (AvgIpc) is 3.29. The average molecular weight is 538 g/mol. The second-order valence-corrected chi connectivity index (χ2v) is 10.7. The zero-order valence-electron chi connectivity index (χ0n) is 22.2. The topological polar surface area (TPSA) is 125 Å². The van der Waals surface area contributed by atoms with Crippen molar-refractivity contribution in [2.24, 2.45) is 11.8 Å². The number of aliphatic hydroxyl groups excluding tert-OH is 1. The number of hydrogen-bond donors (Lipinski definition) is 2. The molecule has 3 amide bonds. The Morgan fingerprint density at radius 3 is 2.59 bits per heavy atom. The van der Waals surface area contributed by atoms with Crippen LogP contribution >= 0.6 is 0 Å². The van der Waals surface area contributed by atoms with E-state index in [1.807, 2.05) is 50.3 Å². The first kappa shape index (κ1) is 27.1. The van der Waals surface area contributed by atoms with Crippen molar-refractivity contribution < 1.29 is 33.8 Å². The number of ether oxygens (including phenoxy) is 2. The van der Waals surface area contributed by atoms with Crippen LogP contribution < -0.4 is 5.32 Å². The number of β-amino-alcohol motifs (C(OH)–C–C–N with tert-alkyl or cyclic N) is 1. The van der Waals surface area contributed by atoms with Gasteiger partial charge in [-0.3, -0.25) is 19.2 Å². The molecule has 1 spiro atoms. The first-order valence-corrected chi connectivity index (χ1v) is 13.5. The van der Waals surface area contributed by atoms with Crippen molar-refractivity contribution in [2.45, 2.75) is 56.5 Å². The van der Waals surface area contributed by atoms with Crippen LogP contribution in [0.1, 0.15) is 38.3 Å². The molecule has 208 valence electrons. The number of esters is 1. The number of fused-ring (bicyclic) bond motifs is 2. The van der Waals surface area contributed by atoms with Crippen LogP contribution in [-0.4, -0.2) is 88.7 Å². The summed E-state index contributed by atoms with van der Waals surface area (Å²) >= 11 is 0. The summed E-state index contributed by atoms with van der Waals surface area (Å²) in [4.78, 5) is 57.3. The van der Waals surface area contributed by atoms with Gasteiger partial charge in [0.1, 0.15) is 18.2 Å². The minimum Gasteiger partial charge on any atom is -0.463 e. The molecule has 0 radical (unpaired) electrons. The third-order valence-electron chi connectivity index (χ3n) is 8.06. The van der Waals surface area contributed by atoms with Crippen molar-refractivity contribution in [3.63, 3.8) is 0 Å². The van der Waals surface area contributed by atoms with E-state index in [4.69, 9.17) is 9.47 Å². The standard InChI is InChI=1S/C29H35N3O7/c1-18(2)31-14-8-13-29-24(27(36)32(15-16-33)25(29)28(31)37)23-21(39-29)11-6-7-12-22(34)38-17-20(30-26(23)35)19-9-4-3-5-10-19/h3-6,8-11,13,18,20-21,23-25,33H,7,12,14-17H2,1-2H3,(H,30,35)/b11-6-/t20-,21+,23-,24-,25+,29-/m1/s1. The van der Waals surface area contributed by atoms with Crippen LogP contribution in [0, 0.1) is 11.8 Å². The van der Waals surface area contributed by atoms with Gasteiger partial charge in [0.15, 0.2) is 0 Å². The van der Waals surface area contributed by atoms with Crippen molar-refractivity contribution in [2.75, 3.05) is 26.3 Å². The SMILES string of the molecule is CC(C)N1CC=C[C@@]23O[C@H]4/C=C\CCC(=O)OC[C@H](c5ccccc5)NC(=O)[C@H]4[C@@H]2C(=O)N(CCO)[C@H]3C1=O. The van der Waals surface area contributed by atoms with Gasteiger partial charge in [0, 0.05) is 25.6 Å². The lowest BCUT2D eigenvalue weighted by Crippen LogP contribution is -2.56. The van der Waals surface area contributed by atoms with Gasteiger partial charge in [-0.05, 0) is 25.8 Å². The van der Waals surface area contributed by atoms with Gasteiger partial charge in [-0.2, -0.15) is 0 Å². The summed E-state index contributed by atoms with van der Waals surface area (Å²) in [6, 6.07) is 7.42. The number of nitrogens with one attached hydrogen (secondary N) is 1. The Morgan fingerprint density at radius 1 is 1.10 bits per heavy atom. The zero-order chi connectivity index (χ0) is 27.7. The summed E-state index contributed by atoms with van der Waals surface area (Å²) in [6.07, 6.45) is 6.81. The molecule has 10 nitrogen and oxygen atoms in total. The van der Waals surface area contributed by atoms with Crippen LogP contribution in [0.2, 0.25) is 0 Å². The van der Waals surface area contributed by atoms with Crippen LogP contribution in [0.25, 0.3) is 0 Å². The molecule has 0 saturated carbocycles. The Hall–Kier alpha value is -3.50. The highest BCUT2D eigenvalue weighted by Crippen LogP contribution is 2.52. The molecule has 0 unspecified atom stereocenters. The monoisotopic (exact) mass is 537 g/mol. The zero-order valence-corrected chi connectivity index (χ0v) is 22.2. The molecule has 4 aliphatic rings. The van der Waals surface area contributed by atoms with E-state index in [0.717, 1.165) is 5.56 Å². The largest absolute Gasteiger partial charge is 0.463 e. The molecule has 2 N–H and O–H groups in total. The molecule has 10 heteroatoms. The van der Waals surface area contributed by atoms with Gasteiger partial charge in [0.25, 0.3) is 0 Å². The van der Waals surface area contributed by atoms with Crippen molar-refractivity contribution in [3.8, 4) is 0 Å². The maximum Gasteiger partial charge on any atom is 0.306 e. The fourth-order valence-corrected chi connectivity index (χ4v) is 6.27. The Bertz CT molecular complexity index is 1180. The van der Waals surface area contributed by atoms with Crippen molar-refractivity contribution in [3.05, 3.63) is 60.2 Å². The third-order valence-corrected chi connectivity index (χ3v) is 8.06. The van der Waals surface area contributed by atoms with Crippen molar-refractivity contribution >= 4 is 23.7 Å². The van der Waals surface area contributed by atoms with E-state index in [2.05, 4.69) is 5.32 Å². The number of nitrogens with zero attached hydrogens (tertiary/aromatic N) is 2. The Morgan fingerprint density at radius 2 is 1.87 bits per heavy atom. The highest BCUT2D eigenvalue weighted by molar-refractivity contribution is 5.99. The molecule has 2 saturated heterocycles. The predicted molar refractivity (Wildman–Crippen MR) is 140 cm³/mol. The molecule has 0 bridgehead atoms. The Kier molecular flexibility index (Phi) is 7.59. The molecule has 6 atom stereocenters. The van der Waals surface area contributed by atoms with E-state index in [0.29, 0.717) is 13.0 Å². The van der Waals surface area contributed by atoms with E-state index in [1.54, 1.807) is 23.1 Å². The number of amides is 3. The molecule has 2 fully saturated rings. The summed E-state index contributed by atoms with van der Waals surface area (Å²) in [6.45, 7) is 3.72. The number of hydrogen-bond acceptors (Lipinski definition) is 7. The van der Waals surface area contributed by atoms with Crippen LogP contribution in [0.15, 0.2) is 54.6 Å². The second kappa shape index (κ2) is 10.9. The fraction of sp³-hybridized carbons (Fsp3) is 0.517.